The van der Waals surface area contributed by atoms with E-state index in [9.17, 15) is 4.79 Å². The maximum Gasteiger partial charge on any atom is 0.224 e. The van der Waals surface area contributed by atoms with Crippen LogP contribution in [0, 0.1) is 5.92 Å². The Labute approximate surface area is 154 Å². The van der Waals surface area contributed by atoms with Crippen LogP contribution >= 0.6 is 11.6 Å². The normalized spacial score (nSPS) is 23.9. The first-order valence-corrected chi connectivity index (χ1v) is 9.26. The van der Waals surface area contributed by atoms with Crippen molar-refractivity contribution in [3.05, 3.63) is 64.2 Å². The van der Waals surface area contributed by atoms with Crippen molar-refractivity contribution < 1.29 is 4.79 Å². The quantitative estimate of drug-likeness (QED) is 0.887. The summed E-state index contributed by atoms with van der Waals surface area (Å²) < 4.78 is 0. The van der Waals surface area contributed by atoms with Gasteiger partial charge in [0.1, 0.15) is 0 Å². The van der Waals surface area contributed by atoms with Gasteiger partial charge in [0.15, 0.2) is 0 Å². The molecule has 0 bridgehead atoms. The molecule has 0 unspecified atom stereocenters. The topological polar surface area (TPSA) is 32.3 Å². The summed E-state index contributed by atoms with van der Waals surface area (Å²) in [6.45, 7) is 0. The predicted molar refractivity (Wildman–Crippen MR) is 102 cm³/mol. The smallest absolute Gasteiger partial charge is 0.224 e. The number of carbonyl (C=O) groups excluding carboxylic acids is 1. The van der Waals surface area contributed by atoms with Crippen molar-refractivity contribution in [3.8, 4) is 0 Å². The van der Waals surface area contributed by atoms with Crippen LogP contribution in [0.15, 0.2) is 42.5 Å². The number of nitrogens with one attached hydrogen (secondary N) is 1. The molecule has 130 valence electrons. The second-order valence-corrected chi connectivity index (χ2v) is 7.81. The lowest BCUT2D eigenvalue weighted by Gasteiger charge is -2.15. The zero-order valence-corrected chi connectivity index (χ0v) is 15.4. The van der Waals surface area contributed by atoms with Crippen molar-refractivity contribution in [2.24, 2.45) is 5.92 Å². The van der Waals surface area contributed by atoms with Gasteiger partial charge in [0.05, 0.1) is 6.04 Å². The maximum absolute atomic E-state index is 12.7. The summed E-state index contributed by atoms with van der Waals surface area (Å²) in [5.41, 5.74) is 4.95. The third-order valence-corrected chi connectivity index (χ3v) is 5.70. The van der Waals surface area contributed by atoms with Crippen LogP contribution in [-0.4, -0.2) is 20.0 Å². The minimum absolute atomic E-state index is 0.113. The van der Waals surface area contributed by atoms with E-state index in [0.717, 1.165) is 24.3 Å². The van der Waals surface area contributed by atoms with Gasteiger partial charge in [-0.15, -0.1) is 0 Å². The standard InChI is InChI=1S/C21H23ClN2O/c1-24(2)16-7-3-13(4-8-16)18-12-19(18)21(25)23-20-10-5-14-11-15(22)6-9-17(14)20/h3-4,6-9,11,18-20H,5,10,12H2,1-2H3,(H,23,25)/t18-,19+,20-/m0/s1. The molecular formula is C21H23ClN2O. The first-order valence-electron chi connectivity index (χ1n) is 8.89. The summed E-state index contributed by atoms with van der Waals surface area (Å²) >= 11 is 6.06. The molecule has 2 aliphatic carbocycles. The average Bonchev–Trinajstić information content (AvgIpc) is 3.31. The Morgan fingerprint density at radius 1 is 1.16 bits per heavy atom. The first kappa shape index (κ1) is 16.5. The molecule has 3 atom stereocenters. The molecule has 1 saturated carbocycles. The van der Waals surface area contributed by atoms with E-state index in [-0.39, 0.29) is 17.9 Å². The van der Waals surface area contributed by atoms with E-state index in [2.05, 4.69) is 40.5 Å². The molecule has 0 saturated heterocycles. The molecule has 1 amide bonds. The van der Waals surface area contributed by atoms with Gasteiger partial charge in [-0.3, -0.25) is 4.79 Å². The Hall–Kier alpha value is -2.00. The number of amides is 1. The van der Waals surface area contributed by atoms with Crippen molar-refractivity contribution in [2.45, 2.75) is 31.2 Å². The molecule has 25 heavy (non-hydrogen) atoms. The third kappa shape index (κ3) is 3.25. The van der Waals surface area contributed by atoms with Crippen molar-refractivity contribution in [1.82, 2.24) is 5.32 Å². The predicted octanol–water partition coefficient (Wildman–Crippen LogP) is 4.31. The van der Waals surface area contributed by atoms with Gasteiger partial charge in [-0.25, -0.2) is 0 Å². The summed E-state index contributed by atoms with van der Waals surface area (Å²) in [5.74, 6) is 0.665. The molecule has 0 heterocycles. The Balaban J connectivity index is 1.39. The van der Waals surface area contributed by atoms with Crippen molar-refractivity contribution >= 4 is 23.2 Å². The van der Waals surface area contributed by atoms with Crippen molar-refractivity contribution in [1.29, 1.82) is 0 Å². The van der Waals surface area contributed by atoms with E-state index < -0.39 is 0 Å². The van der Waals surface area contributed by atoms with E-state index in [1.807, 2.05) is 26.2 Å². The lowest BCUT2D eigenvalue weighted by molar-refractivity contribution is -0.123. The molecule has 0 aromatic heterocycles. The molecule has 1 fully saturated rings. The number of fused-ring (bicyclic) bond motifs is 1. The minimum Gasteiger partial charge on any atom is -0.378 e. The minimum atomic E-state index is 0.113. The first-order chi connectivity index (χ1) is 12.0. The Kier molecular flexibility index (Phi) is 4.20. The number of benzene rings is 2. The summed E-state index contributed by atoms with van der Waals surface area (Å²) in [4.78, 5) is 14.7. The van der Waals surface area contributed by atoms with Crippen LogP contribution in [0.1, 0.15) is 41.5 Å². The molecule has 4 rings (SSSR count). The molecule has 4 heteroatoms. The highest BCUT2D eigenvalue weighted by Gasteiger charge is 2.44. The fourth-order valence-electron chi connectivity index (χ4n) is 3.89. The van der Waals surface area contributed by atoms with E-state index in [1.54, 1.807) is 0 Å². The highest BCUT2D eigenvalue weighted by atomic mass is 35.5. The number of aryl methyl sites for hydroxylation is 1. The monoisotopic (exact) mass is 354 g/mol. The van der Waals surface area contributed by atoms with E-state index in [1.165, 1.54) is 22.4 Å². The molecule has 0 spiro atoms. The van der Waals surface area contributed by atoms with Gasteiger partial charge >= 0.3 is 0 Å². The largest absolute Gasteiger partial charge is 0.378 e. The van der Waals surface area contributed by atoms with Crippen LogP contribution in [0.3, 0.4) is 0 Å². The Morgan fingerprint density at radius 3 is 2.64 bits per heavy atom. The summed E-state index contributed by atoms with van der Waals surface area (Å²) in [5, 5.41) is 4.03. The fraction of sp³-hybridized carbons (Fsp3) is 0.381. The molecule has 0 radical (unpaired) electrons. The molecule has 2 aromatic rings. The highest BCUT2D eigenvalue weighted by Crippen LogP contribution is 2.48. The number of hydrogen-bond donors (Lipinski definition) is 1. The van der Waals surface area contributed by atoms with E-state index in [4.69, 9.17) is 11.6 Å². The molecule has 0 aliphatic heterocycles. The summed E-state index contributed by atoms with van der Waals surface area (Å²) in [6.07, 6.45) is 2.91. The van der Waals surface area contributed by atoms with Crippen LogP contribution < -0.4 is 10.2 Å². The van der Waals surface area contributed by atoms with Gasteiger partial charge in [0.2, 0.25) is 5.91 Å². The summed E-state index contributed by atoms with van der Waals surface area (Å²) in [7, 11) is 4.07. The number of rotatable bonds is 4. The molecule has 2 aromatic carbocycles. The number of halogens is 1. The van der Waals surface area contributed by atoms with Crippen LogP contribution in [0.5, 0.6) is 0 Å². The number of nitrogens with zero attached hydrogens (tertiary/aromatic N) is 1. The van der Waals surface area contributed by atoms with E-state index >= 15 is 0 Å². The van der Waals surface area contributed by atoms with Crippen LogP contribution in [-0.2, 0) is 11.2 Å². The van der Waals surface area contributed by atoms with Gasteiger partial charge in [-0.05, 0) is 66.1 Å². The van der Waals surface area contributed by atoms with Gasteiger partial charge in [-0.1, -0.05) is 29.8 Å². The van der Waals surface area contributed by atoms with Crippen LogP contribution in [0.4, 0.5) is 5.69 Å². The number of hydrogen-bond acceptors (Lipinski definition) is 2. The molecular weight excluding hydrogens is 332 g/mol. The second-order valence-electron chi connectivity index (χ2n) is 7.38. The Morgan fingerprint density at radius 2 is 1.92 bits per heavy atom. The average molecular weight is 355 g/mol. The molecule has 2 aliphatic rings. The third-order valence-electron chi connectivity index (χ3n) is 5.46. The number of carbonyl (C=O) groups is 1. The molecule has 3 nitrogen and oxygen atoms in total. The lowest BCUT2D eigenvalue weighted by atomic mass is 10.1. The van der Waals surface area contributed by atoms with Gasteiger partial charge in [0.25, 0.3) is 0 Å². The maximum atomic E-state index is 12.7. The fourth-order valence-corrected chi connectivity index (χ4v) is 4.08. The Bertz CT molecular complexity index is 800. The van der Waals surface area contributed by atoms with Crippen molar-refractivity contribution in [2.75, 3.05) is 19.0 Å². The SMILES string of the molecule is CN(C)c1ccc([C@@H]2C[C@H]2C(=O)N[C@H]2CCc3cc(Cl)ccc32)cc1. The zero-order valence-electron chi connectivity index (χ0n) is 14.6. The number of anilines is 1. The highest BCUT2D eigenvalue weighted by molar-refractivity contribution is 6.30. The van der Waals surface area contributed by atoms with Crippen LogP contribution in [0.2, 0.25) is 5.02 Å². The van der Waals surface area contributed by atoms with Crippen molar-refractivity contribution in [3.63, 3.8) is 0 Å². The van der Waals surface area contributed by atoms with Crippen LogP contribution in [0.25, 0.3) is 0 Å². The van der Waals surface area contributed by atoms with Gasteiger partial charge in [-0.2, -0.15) is 0 Å². The van der Waals surface area contributed by atoms with Gasteiger partial charge < -0.3 is 10.2 Å². The van der Waals surface area contributed by atoms with Gasteiger partial charge in [0, 0.05) is 30.7 Å². The summed E-state index contributed by atoms with van der Waals surface area (Å²) in [6, 6.07) is 14.7. The zero-order chi connectivity index (χ0) is 17.6. The van der Waals surface area contributed by atoms with E-state index in [0.29, 0.717) is 5.92 Å². The lowest BCUT2D eigenvalue weighted by Crippen LogP contribution is -2.28. The molecule has 1 N–H and O–H groups in total. The second kappa shape index (κ2) is 6.38.